The van der Waals surface area contributed by atoms with E-state index in [-0.39, 0.29) is 23.8 Å². The molecule has 1 heterocycles. The maximum Gasteiger partial charge on any atom is 0.433 e. The third-order valence-corrected chi connectivity index (χ3v) is 3.46. The molecule has 0 amide bonds. The molecule has 1 atom stereocenters. The molecule has 1 aromatic heterocycles. The average molecular weight is 311 g/mol. The summed E-state index contributed by atoms with van der Waals surface area (Å²) in [6.07, 6.45) is -3.43. The summed E-state index contributed by atoms with van der Waals surface area (Å²) in [5.41, 5.74) is -0.794. The van der Waals surface area contributed by atoms with Crippen molar-refractivity contribution >= 4 is 9.84 Å². The molecule has 9 heteroatoms. The van der Waals surface area contributed by atoms with Crippen LogP contribution >= 0.6 is 0 Å². The molecule has 0 radical (unpaired) electrons. The largest absolute Gasteiger partial charge is 0.433 e. The Balaban J connectivity index is 2.76. The molecule has 5 nitrogen and oxygen atoms in total. The molecule has 0 bridgehead atoms. The standard InChI is InChI=1S/C11H16F3N3O2S/c1-7-4-9(11(12,13)14)17-10(16-7)5-15-8(2)6-20(3,18)19/h4,8,15H,5-6H2,1-3H3/t8-/m1/s1. The van der Waals surface area contributed by atoms with Crippen LogP contribution in [0.25, 0.3) is 0 Å². The number of nitrogens with one attached hydrogen (secondary N) is 1. The maximum atomic E-state index is 12.6. The minimum atomic E-state index is -4.53. The van der Waals surface area contributed by atoms with Crippen molar-refractivity contribution in [3.8, 4) is 0 Å². The number of halogens is 3. The van der Waals surface area contributed by atoms with E-state index in [0.29, 0.717) is 0 Å². The van der Waals surface area contributed by atoms with Crippen LogP contribution in [-0.4, -0.2) is 36.4 Å². The summed E-state index contributed by atoms with van der Waals surface area (Å²) in [6.45, 7) is 3.04. The van der Waals surface area contributed by atoms with Gasteiger partial charge in [-0.25, -0.2) is 18.4 Å². The molecule has 0 aliphatic carbocycles. The molecule has 0 aliphatic rings. The van der Waals surface area contributed by atoms with E-state index in [9.17, 15) is 21.6 Å². The van der Waals surface area contributed by atoms with Gasteiger partial charge in [0.2, 0.25) is 0 Å². The SMILES string of the molecule is Cc1cc(C(F)(F)F)nc(CN[C@H](C)CS(C)(=O)=O)n1. The van der Waals surface area contributed by atoms with Crippen molar-refractivity contribution < 1.29 is 21.6 Å². The first-order valence-corrected chi connectivity index (χ1v) is 7.86. The predicted molar refractivity (Wildman–Crippen MR) is 67.8 cm³/mol. The highest BCUT2D eigenvalue weighted by atomic mass is 32.2. The first kappa shape index (κ1) is 16.8. The van der Waals surface area contributed by atoms with Crippen LogP contribution < -0.4 is 5.32 Å². The van der Waals surface area contributed by atoms with Gasteiger partial charge in [0.05, 0.1) is 12.3 Å². The second kappa shape index (κ2) is 6.04. The average Bonchev–Trinajstić information content (AvgIpc) is 2.22. The number of hydrogen-bond donors (Lipinski definition) is 1. The lowest BCUT2D eigenvalue weighted by Crippen LogP contribution is -2.33. The van der Waals surface area contributed by atoms with Crippen molar-refractivity contribution in [2.75, 3.05) is 12.0 Å². The summed E-state index contributed by atoms with van der Waals surface area (Å²) in [5.74, 6) is -0.122. The number of alkyl halides is 3. The molecule has 0 aliphatic heterocycles. The van der Waals surface area contributed by atoms with Gasteiger partial charge in [0.15, 0.2) is 0 Å². The van der Waals surface area contributed by atoms with Crippen LogP contribution in [0.4, 0.5) is 13.2 Å². The normalized spacial score (nSPS) is 14.3. The minimum absolute atomic E-state index is 0.0160. The maximum absolute atomic E-state index is 12.6. The molecular weight excluding hydrogens is 295 g/mol. The number of aryl methyl sites for hydroxylation is 1. The second-order valence-electron chi connectivity index (χ2n) is 4.68. The topological polar surface area (TPSA) is 72.0 Å². The van der Waals surface area contributed by atoms with Crippen LogP contribution in [0.2, 0.25) is 0 Å². The van der Waals surface area contributed by atoms with E-state index < -0.39 is 27.7 Å². The van der Waals surface area contributed by atoms with Crippen LogP contribution in [0.5, 0.6) is 0 Å². The van der Waals surface area contributed by atoms with Crippen LogP contribution in [0.15, 0.2) is 6.07 Å². The molecule has 1 N–H and O–H groups in total. The smallest absolute Gasteiger partial charge is 0.306 e. The van der Waals surface area contributed by atoms with Crippen molar-refractivity contribution in [2.45, 2.75) is 32.6 Å². The van der Waals surface area contributed by atoms with E-state index in [2.05, 4.69) is 15.3 Å². The number of hydrogen-bond acceptors (Lipinski definition) is 5. The van der Waals surface area contributed by atoms with Crippen molar-refractivity contribution in [2.24, 2.45) is 0 Å². The van der Waals surface area contributed by atoms with Crippen LogP contribution in [-0.2, 0) is 22.6 Å². The van der Waals surface area contributed by atoms with Crippen LogP contribution in [0, 0.1) is 6.92 Å². The molecule has 1 aromatic rings. The summed E-state index contributed by atoms with van der Waals surface area (Å²) in [7, 11) is -3.15. The Morgan fingerprint density at radius 3 is 2.45 bits per heavy atom. The number of rotatable bonds is 5. The Bertz CT molecular complexity index is 573. The molecule has 0 spiro atoms. The zero-order valence-corrected chi connectivity index (χ0v) is 12.1. The second-order valence-corrected chi connectivity index (χ2v) is 6.87. The Kier molecular flexibility index (Phi) is 5.09. The highest BCUT2D eigenvalue weighted by Gasteiger charge is 2.33. The molecule has 0 aromatic carbocycles. The lowest BCUT2D eigenvalue weighted by Gasteiger charge is -2.13. The van der Waals surface area contributed by atoms with E-state index in [0.717, 1.165) is 12.3 Å². The molecule has 0 fully saturated rings. The van der Waals surface area contributed by atoms with Crippen molar-refractivity contribution in [1.29, 1.82) is 0 Å². The number of sulfone groups is 1. The summed E-state index contributed by atoms with van der Waals surface area (Å²) >= 11 is 0. The molecule has 0 saturated heterocycles. The van der Waals surface area contributed by atoms with Crippen molar-refractivity contribution in [3.63, 3.8) is 0 Å². The van der Waals surface area contributed by atoms with Gasteiger partial charge in [-0.15, -0.1) is 0 Å². The quantitative estimate of drug-likeness (QED) is 0.888. The van der Waals surface area contributed by atoms with Gasteiger partial charge >= 0.3 is 6.18 Å². The van der Waals surface area contributed by atoms with Gasteiger partial charge in [-0.1, -0.05) is 0 Å². The monoisotopic (exact) mass is 311 g/mol. The van der Waals surface area contributed by atoms with E-state index in [1.54, 1.807) is 6.92 Å². The lowest BCUT2D eigenvalue weighted by atomic mass is 10.3. The van der Waals surface area contributed by atoms with Gasteiger partial charge in [-0.3, -0.25) is 0 Å². The van der Waals surface area contributed by atoms with E-state index in [1.165, 1.54) is 6.92 Å². The Morgan fingerprint density at radius 1 is 1.35 bits per heavy atom. The Morgan fingerprint density at radius 2 is 1.95 bits per heavy atom. The first-order chi connectivity index (χ1) is 8.97. The van der Waals surface area contributed by atoms with E-state index >= 15 is 0 Å². The summed E-state index contributed by atoms with van der Waals surface area (Å²) in [6, 6.07) is 0.465. The number of aromatic nitrogens is 2. The highest BCUT2D eigenvalue weighted by molar-refractivity contribution is 7.90. The zero-order valence-electron chi connectivity index (χ0n) is 11.3. The van der Waals surface area contributed by atoms with E-state index in [4.69, 9.17) is 0 Å². The van der Waals surface area contributed by atoms with Crippen LogP contribution in [0.1, 0.15) is 24.1 Å². The summed E-state index contributed by atoms with van der Waals surface area (Å²) < 4.78 is 59.9. The third kappa shape index (κ3) is 5.83. The van der Waals surface area contributed by atoms with Gasteiger partial charge < -0.3 is 5.32 Å². The van der Waals surface area contributed by atoms with Crippen LogP contribution in [0.3, 0.4) is 0 Å². The van der Waals surface area contributed by atoms with Gasteiger partial charge in [-0.05, 0) is 19.9 Å². The van der Waals surface area contributed by atoms with Crippen molar-refractivity contribution in [3.05, 3.63) is 23.3 Å². The van der Waals surface area contributed by atoms with Crippen molar-refractivity contribution in [1.82, 2.24) is 15.3 Å². The van der Waals surface area contributed by atoms with E-state index in [1.807, 2.05) is 0 Å². The fourth-order valence-electron chi connectivity index (χ4n) is 1.63. The minimum Gasteiger partial charge on any atom is -0.306 e. The van der Waals surface area contributed by atoms with Gasteiger partial charge in [-0.2, -0.15) is 13.2 Å². The first-order valence-electron chi connectivity index (χ1n) is 5.80. The summed E-state index contributed by atoms with van der Waals surface area (Å²) in [4.78, 5) is 7.32. The Hall–Kier alpha value is -1.22. The molecule has 0 unspecified atom stereocenters. The molecule has 0 saturated carbocycles. The molecule has 114 valence electrons. The molecule has 20 heavy (non-hydrogen) atoms. The fraction of sp³-hybridized carbons (Fsp3) is 0.636. The summed E-state index contributed by atoms with van der Waals surface area (Å²) in [5, 5.41) is 2.79. The Labute approximate surface area is 115 Å². The van der Waals surface area contributed by atoms with Gasteiger partial charge in [0, 0.05) is 18.0 Å². The third-order valence-electron chi connectivity index (χ3n) is 2.35. The molecule has 1 rings (SSSR count). The molecular formula is C11H16F3N3O2S. The van der Waals surface area contributed by atoms with Gasteiger partial charge in [0.25, 0.3) is 0 Å². The fourth-order valence-corrected chi connectivity index (χ4v) is 2.66. The predicted octanol–water partition coefficient (Wildman–Crippen LogP) is 1.33. The van der Waals surface area contributed by atoms with Gasteiger partial charge in [0.1, 0.15) is 21.4 Å². The lowest BCUT2D eigenvalue weighted by molar-refractivity contribution is -0.141. The highest BCUT2D eigenvalue weighted by Crippen LogP contribution is 2.27. The number of nitrogens with zero attached hydrogens (tertiary/aromatic N) is 2. The zero-order chi connectivity index (χ0) is 15.6.